The molecule has 0 N–H and O–H groups in total. The van der Waals surface area contributed by atoms with E-state index in [1.165, 1.54) is 25.7 Å². The molecule has 94 valence electrons. The number of carbonyl (C=O) groups excluding carboxylic acids is 1. The predicted octanol–water partition coefficient (Wildman–Crippen LogP) is 3.50. The van der Waals surface area contributed by atoms with Crippen molar-refractivity contribution in [3.05, 3.63) is 17.9 Å². The van der Waals surface area contributed by atoms with Crippen LogP contribution in [-0.4, -0.2) is 18.9 Å². The number of furan rings is 1. The standard InChI is InChI=1S/C14H21NO2/c1-11(2)9-15(12-5-3-4-6-12)14-8-7-13(10-16)17-14/h7-8,10-12H,3-6,9H2,1-2H3. The van der Waals surface area contributed by atoms with Gasteiger partial charge in [0.2, 0.25) is 0 Å². The summed E-state index contributed by atoms with van der Waals surface area (Å²) in [5.74, 6) is 1.87. The zero-order valence-corrected chi connectivity index (χ0v) is 10.7. The fourth-order valence-electron chi connectivity index (χ4n) is 2.59. The van der Waals surface area contributed by atoms with Crippen molar-refractivity contribution in [2.75, 3.05) is 11.4 Å². The summed E-state index contributed by atoms with van der Waals surface area (Å²) in [7, 11) is 0. The topological polar surface area (TPSA) is 33.5 Å². The van der Waals surface area contributed by atoms with Gasteiger partial charge in [0.05, 0.1) is 0 Å². The molecule has 1 fully saturated rings. The molecule has 0 bridgehead atoms. The molecule has 3 nitrogen and oxygen atoms in total. The van der Waals surface area contributed by atoms with Gasteiger partial charge in [0, 0.05) is 18.7 Å². The third kappa shape index (κ3) is 2.90. The molecule has 1 saturated carbocycles. The second-order valence-corrected chi connectivity index (χ2v) is 5.28. The quantitative estimate of drug-likeness (QED) is 0.732. The number of hydrogen-bond acceptors (Lipinski definition) is 3. The van der Waals surface area contributed by atoms with Gasteiger partial charge in [0.25, 0.3) is 0 Å². The van der Waals surface area contributed by atoms with E-state index in [9.17, 15) is 4.79 Å². The molecule has 0 spiro atoms. The minimum absolute atomic E-state index is 0.423. The second kappa shape index (κ2) is 5.39. The Kier molecular flexibility index (Phi) is 3.87. The van der Waals surface area contributed by atoms with Crippen LogP contribution in [0.15, 0.2) is 16.5 Å². The van der Waals surface area contributed by atoms with E-state index >= 15 is 0 Å². The first-order valence-electron chi connectivity index (χ1n) is 6.52. The van der Waals surface area contributed by atoms with Crippen molar-refractivity contribution in [1.29, 1.82) is 0 Å². The summed E-state index contributed by atoms with van der Waals surface area (Å²) in [5.41, 5.74) is 0. The Bertz CT molecular complexity index is 364. The Balaban J connectivity index is 2.15. The number of aldehydes is 1. The first-order chi connectivity index (χ1) is 8.20. The molecule has 2 rings (SSSR count). The van der Waals surface area contributed by atoms with Crippen LogP contribution in [0.4, 0.5) is 5.88 Å². The van der Waals surface area contributed by atoms with Crippen molar-refractivity contribution in [2.45, 2.75) is 45.6 Å². The van der Waals surface area contributed by atoms with Gasteiger partial charge in [0.1, 0.15) is 0 Å². The molecule has 0 aromatic carbocycles. The van der Waals surface area contributed by atoms with E-state index in [-0.39, 0.29) is 0 Å². The van der Waals surface area contributed by atoms with Gasteiger partial charge in [0.15, 0.2) is 17.9 Å². The van der Waals surface area contributed by atoms with Crippen LogP contribution in [-0.2, 0) is 0 Å². The Morgan fingerprint density at radius 1 is 1.41 bits per heavy atom. The monoisotopic (exact) mass is 235 g/mol. The molecule has 0 saturated heterocycles. The van der Waals surface area contributed by atoms with Crippen molar-refractivity contribution < 1.29 is 9.21 Å². The molecule has 1 aromatic heterocycles. The smallest absolute Gasteiger partial charge is 0.196 e. The van der Waals surface area contributed by atoms with Gasteiger partial charge in [-0.05, 0) is 24.8 Å². The van der Waals surface area contributed by atoms with Gasteiger partial charge in [-0.2, -0.15) is 0 Å². The van der Waals surface area contributed by atoms with Crippen LogP contribution in [0.25, 0.3) is 0 Å². The molecule has 1 aliphatic rings. The molecule has 1 aliphatic carbocycles. The van der Waals surface area contributed by atoms with Crippen LogP contribution in [0.3, 0.4) is 0 Å². The lowest BCUT2D eigenvalue weighted by atomic mass is 10.1. The van der Waals surface area contributed by atoms with Crippen LogP contribution in [0.5, 0.6) is 0 Å². The minimum atomic E-state index is 0.423. The van der Waals surface area contributed by atoms with Gasteiger partial charge >= 0.3 is 0 Å². The summed E-state index contributed by atoms with van der Waals surface area (Å²) in [5, 5.41) is 0. The molecule has 1 heterocycles. The maximum atomic E-state index is 10.7. The van der Waals surface area contributed by atoms with Crippen LogP contribution < -0.4 is 4.90 Å². The number of rotatable bonds is 5. The maximum Gasteiger partial charge on any atom is 0.196 e. The lowest BCUT2D eigenvalue weighted by Crippen LogP contribution is -2.36. The highest BCUT2D eigenvalue weighted by atomic mass is 16.4. The fraction of sp³-hybridized carbons (Fsp3) is 0.643. The molecule has 1 aromatic rings. The SMILES string of the molecule is CC(C)CN(c1ccc(C=O)o1)C1CCCC1. The average molecular weight is 235 g/mol. The first kappa shape index (κ1) is 12.2. The summed E-state index contributed by atoms with van der Waals surface area (Å²) in [4.78, 5) is 13.0. The zero-order valence-electron chi connectivity index (χ0n) is 10.7. The third-order valence-corrected chi connectivity index (χ3v) is 3.34. The van der Waals surface area contributed by atoms with Gasteiger partial charge in [-0.3, -0.25) is 4.79 Å². The van der Waals surface area contributed by atoms with E-state index in [0.29, 0.717) is 17.7 Å². The fourth-order valence-corrected chi connectivity index (χ4v) is 2.59. The van der Waals surface area contributed by atoms with Crippen molar-refractivity contribution in [2.24, 2.45) is 5.92 Å². The lowest BCUT2D eigenvalue weighted by molar-refractivity contribution is 0.110. The average Bonchev–Trinajstić information content (AvgIpc) is 2.97. The molecule has 0 unspecified atom stereocenters. The summed E-state index contributed by atoms with van der Waals surface area (Å²) >= 11 is 0. The largest absolute Gasteiger partial charge is 0.438 e. The van der Waals surface area contributed by atoms with Crippen LogP contribution in [0.1, 0.15) is 50.1 Å². The maximum absolute atomic E-state index is 10.7. The van der Waals surface area contributed by atoms with Crippen molar-refractivity contribution in [1.82, 2.24) is 0 Å². The van der Waals surface area contributed by atoms with E-state index in [2.05, 4.69) is 18.7 Å². The minimum Gasteiger partial charge on any atom is -0.438 e. The normalized spacial score (nSPS) is 16.6. The molecular weight excluding hydrogens is 214 g/mol. The van der Waals surface area contributed by atoms with E-state index in [4.69, 9.17) is 4.42 Å². The van der Waals surface area contributed by atoms with Crippen LogP contribution >= 0.6 is 0 Å². The summed E-state index contributed by atoms with van der Waals surface area (Å²) in [6.07, 6.45) is 5.86. The van der Waals surface area contributed by atoms with E-state index in [1.54, 1.807) is 6.07 Å². The third-order valence-electron chi connectivity index (χ3n) is 3.34. The van der Waals surface area contributed by atoms with Crippen LogP contribution in [0, 0.1) is 5.92 Å². The summed E-state index contributed by atoms with van der Waals surface area (Å²) in [6, 6.07) is 4.26. The van der Waals surface area contributed by atoms with Crippen LogP contribution in [0.2, 0.25) is 0 Å². The highest BCUT2D eigenvalue weighted by Gasteiger charge is 2.25. The number of carbonyl (C=O) groups is 1. The lowest BCUT2D eigenvalue weighted by Gasteiger charge is -2.30. The molecule has 0 aliphatic heterocycles. The second-order valence-electron chi connectivity index (χ2n) is 5.28. The van der Waals surface area contributed by atoms with Crippen molar-refractivity contribution >= 4 is 12.2 Å². The Hall–Kier alpha value is -1.25. The van der Waals surface area contributed by atoms with Gasteiger partial charge in [-0.25, -0.2) is 0 Å². The van der Waals surface area contributed by atoms with Gasteiger partial charge in [-0.15, -0.1) is 0 Å². The van der Waals surface area contributed by atoms with Crippen molar-refractivity contribution in [3.8, 4) is 0 Å². The molecular formula is C14H21NO2. The van der Waals surface area contributed by atoms with Crippen molar-refractivity contribution in [3.63, 3.8) is 0 Å². The van der Waals surface area contributed by atoms with E-state index in [0.717, 1.165) is 18.7 Å². The molecule has 0 atom stereocenters. The highest BCUT2D eigenvalue weighted by molar-refractivity contribution is 5.71. The highest BCUT2D eigenvalue weighted by Crippen LogP contribution is 2.30. The number of anilines is 1. The Morgan fingerprint density at radius 3 is 2.65 bits per heavy atom. The van der Waals surface area contributed by atoms with Gasteiger partial charge < -0.3 is 9.32 Å². The number of nitrogens with zero attached hydrogens (tertiary/aromatic N) is 1. The first-order valence-corrected chi connectivity index (χ1v) is 6.52. The summed E-state index contributed by atoms with van der Waals surface area (Å²) in [6.45, 7) is 5.42. The number of hydrogen-bond donors (Lipinski definition) is 0. The zero-order chi connectivity index (χ0) is 12.3. The molecule has 0 amide bonds. The summed E-state index contributed by atoms with van der Waals surface area (Å²) < 4.78 is 5.57. The predicted molar refractivity (Wildman–Crippen MR) is 68.5 cm³/mol. The molecule has 0 radical (unpaired) electrons. The van der Waals surface area contributed by atoms with E-state index < -0.39 is 0 Å². The Labute approximate surface area is 103 Å². The Morgan fingerprint density at radius 2 is 2.12 bits per heavy atom. The van der Waals surface area contributed by atoms with E-state index in [1.807, 2.05) is 6.07 Å². The molecule has 3 heteroatoms. The van der Waals surface area contributed by atoms with Gasteiger partial charge in [-0.1, -0.05) is 26.7 Å². The molecule has 17 heavy (non-hydrogen) atoms.